The number of imidazole rings is 1. The van der Waals surface area contributed by atoms with E-state index in [-0.39, 0.29) is 5.91 Å². The van der Waals surface area contributed by atoms with Gasteiger partial charge in [-0.25, -0.2) is 4.98 Å². The van der Waals surface area contributed by atoms with Crippen molar-refractivity contribution < 1.29 is 4.79 Å². The van der Waals surface area contributed by atoms with Gasteiger partial charge in [0.15, 0.2) is 5.16 Å². The zero-order valence-electron chi connectivity index (χ0n) is 14.2. The molecule has 3 aromatic rings. The Kier molecular flexibility index (Phi) is 6.04. The second kappa shape index (κ2) is 8.25. The maximum absolute atomic E-state index is 12.4. The largest absolute Gasteiger partial charge is 0.340 e. The zero-order valence-corrected chi connectivity index (χ0v) is 16.6. The Labute approximate surface area is 160 Å². The number of halogens is 1. The van der Waals surface area contributed by atoms with Gasteiger partial charge >= 0.3 is 0 Å². The van der Waals surface area contributed by atoms with Crippen LogP contribution >= 0.6 is 34.7 Å². The molecule has 0 atom stereocenters. The molecule has 2 heterocycles. The molecule has 0 fully saturated rings. The number of aryl methyl sites for hydroxylation is 1. The van der Waals surface area contributed by atoms with Crippen LogP contribution < -0.4 is 0 Å². The van der Waals surface area contributed by atoms with Crippen LogP contribution in [0.3, 0.4) is 0 Å². The highest BCUT2D eigenvalue weighted by Crippen LogP contribution is 2.27. The standard InChI is InChI=1S/C18H20ClN3OS2/c1-3-8-22-16-7-6-13(19)10-15(16)20-18(22)25-12-17(23)21(2)11-14-5-4-9-24-14/h4-7,9-10H,3,8,11-12H2,1-2H3. The third-order valence-electron chi connectivity index (χ3n) is 3.85. The van der Waals surface area contributed by atoms with E-state index in [1.165, 1.54) is 16.6 Å². The predicted octanol–water partition coefficient (Wildman–Crippen LogP) is 4.91. The van der Waals surface area contributed by atoms with Crippen molar-refractivity contribution >= 4 is 51.6 Å². The Balaban J connectivity index is 1.71. The molecule has 0 bridgehead atoms. The second-order valence-electron chi connectivity index (χ2n) is 5.80. The molecule has 4 nitrogen and oxygen atoms in total. The van der Waals surface area contributed by atoms with Crippen LogP contribution in [0.5, 0.6) is 0 Å². The van der Waals surface area contributed by atoms with Gasteiger partial charge in [-0.2, -0.15) is 0 Å². The maximum Gasteiger partial charge on any atom is 0.233 e. The number of nitrogens with zero attached hydrogens (tertiary/aromatic N) is 3. The molecule has 0 saturated carbocycles. The van der Waals surface area contributed by atoms with Crippen LogP contribution in [-0.4, -0.2) is 33.2 Å². The highest BCUT2D eigenvalue weighted by molar-refractivity contribution is 7.99. The van der Waals surface area contributed by atoms with Crippen molar-refractivity contribution in [3.8, 4) is 0 Å². The average molecular weight is 394 g/mol. The fourth-order valence-corrected chi connectivity index (χ4v) is 4.50. The van der Waals surface area contributed by atoms with Crippen molar-refractivity contribution in [3.63, 3.8) is 0 Å². The summed E-state index contributed by atoms with van der Waals surface area (Å²) in [6.07, 6.45) is 1.01. The lowest BCUT2D eigenvalue weighted by Crippen LogP contribution is -2.27. The number of thiophene rings is 1. The predicted molar refractivity (Wildman–Crippen MR) is 107 cm³/mol. The molecule has 3 rings (SSSR count). The van der Waals surface area contributed by atoms with Crippen LogP contribution in [-0.2, 0) is 17.9 Å². The van der Waals surface area contributed by atoms with Crippen molar-refractivity contribution in [2.75, 3.05) is 12.8 Å². The molecular weight excluding hydrogens is 374 g/mol. The van der Waals surface area contributed by atoms with Gasteiger partial charge in [0.2, 0.25) is 5.91 Å². The van der Waals surface area contributed by atoms with Crippen molar-refractivity contribution in [2.24, 2.45) is 0 Å². The average Bonchev–Trinajstić information content (AvgIpc) is 3.21. The van der Waals surface area contributed by atoms with E-state index in [9.17, 15) is 4.79 Å². The van der Waals surface area contributed by atoms with Crippen LogP contribution in [0.25, 0.3) is 11.0 Å². The molecule has 0 N–H and O–H groups in total. The third-order valence-corrected chi connectivity index (χ3v) is 5.90. The lowest BCUT2D eigenvalue weighted by molar-refractivity contribution is -0.127. The number of carbonyl (C=O) groups is 1. The summed E-state index contributed by atoms with van der Waals surface area (Å²) in [5.74, 6) is 0.481. The van der Waals surface area contributed by atoms with Crippen LogP contribution in [0.2, 0.25) is 5.02 Å². The van der Waals surface area contributed by atoms with Gasteiger partial charge in [0.1, 0.15) is 0 Å². The number of amides is 1. The number of carbonyl (C=O) groups excluding carboxylic acids is 1. The van der Waals surface area contributed by atoms with E-state index in [4.69, 9.17) is 11.6 Å². The summed E-state index contributed by atoms with van der Waals surface area (Å²) in [4.78, 5) is 20.1. The number of hydrogen-bond acceptors (Lipinski definition) is 4. The van der Waals surface area contributed by atoms with Crippen molar-refractivity contribution in [1.29, 1.82) is 0 Å². The molecule has 1 amide bonds. The van der Waals surface area contributed by atoms with Gasteiger partial charge in [0.25, 0.3) is 0 Å². The molecule has 1 aromatic carbocycles. The highest BCUT2D eigenvalue weighted by atomic mass is 35.5. The molecule has 0 aliphatic rings. The lowest BCUT2D eigenvalue weighted by Gasteiger charge is -2.16. The van der Waals surface area contributed by atoms with Crippen molar-refractivity contribution in [2.45, 2.75) is 31.6 Å². The summed E-state index contributed by atoms with van der Waals surface area (Å²) >= 11 is 9.23. The van der Waals surface area contributed by atoms with Gasteiger partial charge in [0, 0.05) is 23.5 Å². The lowest BCUT2D eigenvalue weighted by atomic mass is 10.3. The van der Waals surface area contributed by atoms with Gasteiger partial charge in [-0.15, -0.1) is 11.3 Å². The Morgan fingerprint density at radius 3 is 2.96 bits per heavy atom. The van der Waals surface area contributed by atoms with Crippen LogP contribution in [0.1, 0.15) is 18.2 Å². The summed E-state index contributed by atoms with van der Waals surface area (Å²) < 4.78 is 2.17. The van der Waals surface area contributed by atoms with E-state index >= 15 is 0 Å². The van der Waals surface area contributed by atoms with E-state index in [0.29, 0.717) is 17.3 Å². The number of benzene rings is 1. The smallest absolute Gasteiger partial charge is 0.233 e. The topological polar surface area (TPSA) is 38.1 Å². The molecular formula is C18H20ClN3OS2. The summed E-state index contributed by atoms with van der Waals surface area (Å²) in [7, 11) is 1.84. The van der Waals surface area contributed by atoms with E-state index in [0.717, 1.165) is 29.2 Å². The first-order chi connectivity index (χ1) is 12.1. The molecule has 2 aromatic heterocycles. The van der Waals surface area contributed by atoms with E-state index < -0.39 is 0 Å². The second-order valence-corrected chi connectivity index (χ2v) is 8.21. The number of rotatable bonds is 7. The minimum atomic E-state index is 0.103. The number of hydrogen-bond donors (Lipinski definition) is 0. The summed E-state index contributed by atoms with van der Waals surface area (Å²) in [5, 5.41) is 3.58. The molecule has 0 spiro atoms. The molecule has 25 heavy (non-hydrogen) atoms. The summed E-state index contributed by atoms with van der Waals surface area (Å²) in [5.41, 5.74) is 1.94. The Morgan fingerprint density at radius 1 is 1.40 bits per heavy atom. The zero-order chi connectivity index (χ0) is 17.8. The third kappa shape index (κ3) is 4.37. The minimum Gasteiger partial charge on any atom is -0.340 e. The quantitative estimate of drug-likeness (QED) is 0.535. The van der Waals surface area contributed by atoms with Crippen LogP contribution in [0, 0.1) is 0 Å². The molecule has 0 aliphatic carbocycles. The first-order valence-electron chi connectivity index (χ1n) is 8.13. The van der Waals surface area contributed by atoms with Gasteiger partial charge in [-0.05, 0) is 36.1 Å². The SMILES string of the molecule is CCCn1c(SCC(=O)N(C)Cc2cccs2)nc2cc(Cl)ccc21. The molecule has 132 valence electrons. The highest BCUT2D eigenvalue weighted by Gasteiger charge is 2.15. The first kappa shape index (κ1) is 18.3. The Bertz CT molecular complexity index is 861. The molecule has 0 radical (unpaired) electrons. The maximum atomic E-state index is 12.4. The van der Waals surface area contributed by atoms with Gasteiger partial charge in [-0.1, -0.05) is 36.4 Å². The molecule has 0 aliphatic heterocycles. The van der Waals surface area contributed by atoms with E-state index in [1.807, 2.05) is 42.8 Å². The van der Waals surface area contributed by atoms with Crippen molar-refractivity contribution in [1.82, 2.24) is 14.5 Å². The van der Waals surface area contributed by atoms with Gasteiger partial charge < -0.3 is 9.47 Å². The molecule has 7 heteroatoms. The van der Waals surface area contributed by atoms with E-state index in [1.54, 1.807) is 16.2 Å². The van der Waals surface area contributed by atoms with Crippen molar-refractivity contribution in [3.05, 3.63) is 45.6 Å². The molecule has 0 saturated heterocycles. The number of fused-ring (bicyclic) bond motifs is 1. The van der Waals surface area contributed by atoms with Gasteiger partial charge in [-0.3, -0.25) is 4.79 Å². The van der Waals surface area contributed by atoms with Gasteiger partial charge in [0.05, 0.1) is 23.3 Å². The Hall–Kier alpha value is -1.50. The number of aromatic nitrogens is 2. The first-order valence-corrected chi connectivity index (χ1v) is 10.4. The summed E-state index contributed by atoms with van der Waals surface area (Å²) in [6.45, 7) is 3.66. The fraction of sp³-hybridized carbons (Fsp3) is 0.333. The minimum absolute atomic E-state index is 0.103. The Morgan fingerprint density at radius 2 is 2.24 bits per heavy atom. The summed E-state index contributed by atoms with van der Waals surface area (Å²) in [6, 6.07) is 9.80. The fourth-order valence-electron chi connectivity index (χ4n) is 2.59. The molecule has 0 unspecified atom stereocenters. The van der Waals surface area contributed by atoms with Crippen LogP contribution in [0.15, 0.2) is 40.9 Å². The monoisotopic (exact) mass is 393 g/mol. The van der Waals surface area contributed by atoms with E-state index in [2.05, 4.69) is 16.5 Å². The number of thioether (sulfide) groups is 1. The normalized spacial score (nSPS) is 11.2. The van der Waals surface area contributed by atoms with Crippen LogP contribution in [0.4, 0.5) is 0 Å².